The fourth-order valence-corrected chi connectivity index (χ4v) is 3.52. The van der Waals surface area contributed by atoms with E-state index in [2.05, 4.69) is 0 Å². The van der Waals surface area contributed by atoms with Gasteiger partial charge in [0.25, 0.3) is 0 Å². The maximum atomic E-state index is 11.9. The molecule has 1 atom stereocenters. The second-order valence-corrected chi connectivity index (χ2v) is 7.54. The van der Waals surface area contributed by atoms with Crippen molar-refractivity contribution < 1.29 is 13.2 Å². The first-order chi connectivity index (χ1) is 9.34. The van der Waals surface area contributed by atoms with Crippen LogP contribution in [-0.4, -0.2) is 26.0 Å². The maximum absolute atomic E-state index is 11.9. The summed E-state index contributed by atoms with van der Waals surface area (Å²) in [5, 5.41) is 0. The highest BCUT2D eigenvalue weighted by Gasteiger charge is 2.17. The second-order valence-electron chi connectivity index (χ2n) is 5.31. The third-order valence-corrected chi connectivity index (χ3v) is 4.70. The highest BCUT2D eigenvalue weighted by atomic mass is 32.2. The molecule has 0 aliphatic rings. The fraction of sp³-hybridized carbons (Fsp3) is 0.600. The zero-order valence-corrected chi connectivity index (χ0v) is 13.3. The van der Waals surface area contributed by atoms with Crippen molar-refractivity contribution in [2.75, 3.05) is 11.5 Å². The zero-order chi connectivity index (χ0) is 15.2. The lowest BCUT2D eigenvalue weighted by atomic mass is 10.1. The molecule has 0 radical (unpaired) electrons. The summed E-state index contributed by atoms with van der Waals surface area (Å²) in [7, 11) is -3.08. The van der Waals surface area contributed by atoms with Crippen LogP contribution >= 0.6 is 0 Å². The fourth-order valence-electron chi connectivity index (χ4n) is 1.88. The molecule has 0 spiro atoms. The van der Waals surface area contributed by atoms with Gasteiger partial charge in [-0.25, -0.2) is 8.42 Å². The van der Waals surface area contributed by atoms with E-state index in [1.165, 1.54) is 0 Å². The second kappa shape index (κ2) is 7.64. The molecular weight excluding hydrogens is 274 g/mol. The van der Waals surface area contributed by atoms with E-state index in [4.69, 9.17) is 10.5 Å². The molecule has 0 aliphatic heterocycles. The Morgan fingerprint density at radius 1 is 1.20 bits per heavy atom. The molecule has 0 aromatic heterocycles. The van der Waals surface area contributed by atoms with Crippen molar-refractivity contribution in [1.29, 1.82) is 0 Å². The summed E-state index contributed by atoms with van der Waals surface area (Å²) in [5.41, 5.74) is 6.80. The average Bonchev–Trinajstić information content (AvgIpc) is 2.36. The number of benzene rings is 1. The maximum Gasteiger partial charge on any atom is 0.152 e. The Labute approximate surface area is 122 Å². The summed E-state index contributed by atoms with van der Waals surface area (Å²) in [6, 6.07) is 6.84. The Morgan fingerprint density at radius 3 is 2.30 bits per heavy atom. The van der Waals surface area contributed by atoms with E-state index in [1.807, 2.05) is 45.0 Å². The summed E-state index contributed by atoms with van der Waals surface area (Å²) < 4.78 is 29.3. The molecule has 0 amide bonds. The SMILES string of the molecule is CCCCS(=O)(=O)CC(N)c1ccc(OC(C)C)cc1. The van der Waals surface area contributed by atoms with E-state index in [9.17, 15) is 8.42 Å². The molecule has 0 saturated heterocycles. The van der Waals surface area contributed by atoms with Crippen LogP contribution in [0.15, 0.2) is 24.3 Å². The molecule has 2 N–H and O–H groups in total. The number of sulfone groups is 1. The first-order valence-corrected chi connectivity index (χ1v) is 8.89. The average molecular weight is 299 g/mol. The summed E-state index contributed by atoms with van der Waals surface area (Å²) >= 11 is 0. The minimum Gasteiger partial charge on any atom is -0.491 e. The van der Waals surface area contributed by atoms with Crippen molar-refractivity contribution >= 4 is 9.84 Å². The highest BCUT2D eigenvalue weighted by molar-refractivity contribution is 7.91. The van der Waals surface area contributed by atoms with Gasteiger partial charge in [-0.3, -0.25) is 0 Å². The van der Waals surface area contributed by atoms with E-state index >= 15 is 0 Å². The van der Waals surface area contributed by atoms with Crippen LogP contribution in [0.2, 0.25) is 0 Å². The van der Waals surface area contributed by atoms with E-state index in [1.54, 1.807) is 0 Å². The van der Waals surface area contributed by atoms with E-state index in [-0.39, 0.29) is 17.6 Å². The van der Waals surface area contributed by atoms with Gasteiger partial charge in [0, 0.05) is 6.04 Å². The van der Waals surface area contributed by atoms with Gasteiger partial charge >= 0.3 is 0 Å². The van der Waals surface area contributed by atoms with Crippen LogP contribution < -0.4 is 10.5 Å². The van der Waals surface area contributed by atoms with Gasteiger partial charge in [-0.1, -0.05) is 25.5 Å². The molecule has 1 rings (SSSR count). The Kier molecular flexibility index (Phi) is 6.49. The van der Waals surface area contributed by atoms with Crippen molar-refractivity contribution in [2.45, 2.75) is 45.8 Å². The van der Waals surface area contributed by atoms with E-state index in [0.29, 0.717) is 6.42 Å². The molecule has 0 bridgehead atoms. The topological polar surface area (TPSA) is 69.4 Å². The summed E-state index contributed by atoms with van der Waals surface area (Å²) in [6.07, 6.45) is 1.68. The quantitative estimate of drug-likeness (QED) is 0.801. The highest BCUT2D eigenvalue weighted by Crippen LogP contribution is 2.19. The Bertz CT molecular complexity index is 494. The van der Waals surface area contributed by atoms with Crippen LogP contribution in [0.3, 0.4) is 0 Å². The monoisotopic (exact) mass is 299 g/mol. The minimum atomic E-state index is -3.08. The van der Waals surface area contributed by atoms with Crippen LogP contribution in [0.1, 0.15) is 45.2 Å². The van der Waals surface area contributed by atoms with Gasteiger partial charge in [-0.05, 0) is 38.0 Å². The zero-order valence-electron chi connectivity index (χ0n) is 12.5. The Balaban J connectivity index is 2.65. The minimum absolute atomic E-state index is 0.00259. The van der Waals surface area contributed by atoms with E-state index < -0.39 is 15.9 Å². The van der Waals surface area contributed by atoms with Gasteiger partial charge in [-0.2, -0.15) is 0 Å². The van der Waals surface area contributed by atoms with Gasteiger partial charge < -0.3 is 10.5 Å². The van der Waals surface area contributed by atoms with Gasteiger partial charge in [-0.15, -0.1) is 0 Å². The van der Waals surface area contributed by atoms with Crippen LogP contribution in [0.4, 0.5) is 0 Å². The molecule has 0 aliphatic carbocycles. The number of unbranched alkanes of at least 4 members (excludes halogenated alkanes) is 1. The first kappa shape index (κ1) is 17.0. The molecule has 0 heterocycles. The molecule has 20 heavy (non-hydrogen) atoms. The van der Waals surface area contributed by atoms with Crippen LogP contribution in [0.5, 0.6) is 5.75 Å². The molecule has 1 unspecified atom stereocenters. The lowest BCUT2D eigenvalue weighted by Gasteiger charge is -2.14. The van der Waals surface area contributed by atoms with Crippen molar-refractivity contribution in [1.82, 2.24) is 0 Å². The normalized spacial score (nSPS) is 13.4. The molecule has 4 nitrogen and oxygen atoms in total. The van der Waals surface area contributed by atoms with Crippen molar-refractivity contribution in [3.8, 4) is 5.75 Å². The molecular formula is C15H25NO3S. The van der Waals surface area contributed by atoms with Gasteiger partial charge in [0.1, 0.15) is 5.75 Å². The largest absolute Gasteiger partial charge is 0.491 e. The summed E-state index contributed by atoms with van der Waals surface area (Å²) in [4.78, 5) is 0. The van der Waals surface area contributed by atoms with Crippen LogP contribution in [0.25, 0.3) is 0 Å². The first-order valence-electron chi connectivity index (χ1n) is 7.06. The van der Waals surface area contributed by atoms with Crippen molar-refractivity contribution in [2.24, 2.45) is 5.73 Å². The number of nitrogens with two attached hydrogens (primary N) is 1. The molecule has 1 aromatic carbocycles. The number of hydrogen-bond donors (Lipinski definition) is 1. The summed E-state index contributed by atoms with van der Waals surface area (Å²) in [6.45, 7) is 5.89. The number of rotatable bonds is 8. The van der Waals surface area contributed by atoms with Crippen molar-refractivity contribution in [3.05, 3.63) is 29.8 Å². The third kappa shape index (κ3) is 5.92. The van der Waals surface area contributed by atoms with Crippen LogP contribution in [-0.2, 0) is 9.84 Å². The summed E-state index contributed by atoms with van der Waals surface area (Å²) in [5.74, 6) is 0.980. The predicted molar refractivity (Wildman–Crippen MR) is 82.7 cm³/mol. The molecule has 114 valence electrons. The van der Waals surface area contributed by atoms with Gasteiger partial charge in [0.05, 0.1) is 17.6 Å². The number of hydrogen-bond acceptors (Lipinski definition) is 4. The predicted octanol–water partition coefficient (Wildman–Crippen LogP) is 2.69. The van der Waals surface area contributed by atoms with Crippen molar-refractivity contribution in [3.63, 3.8) is 0 Å². The third-order valence-electron chi connectivity index (χ3n) is 2.92. The molecule has 5 heteroatoms. The lowest BCUT2D eigenvalue weighted by molar-refractivity contribution is 0.242. The number of ether oxygens (including phenoxy) is 1. The Hall–Kier alpha value is -1.07. The standard InChI is InChI=1S/C15H25NO3S/c1-4-5-10-20(17,18)11-15(16)13-6-8-14(9-7-13)19-12(2)3/h6-9,12,15H,4-5,10-11,16H2,1-3H3. The van der Waals surface area contributed by atoms with E-state index in [0.717, 1.165) is 17.7 Å². The molecule has 0 fully saturated rings. The van der Waals surface area contributed by atoms with Gasteiger partial charge in [0.15, 0.2) is 9.84 Å². The Morgan fingerprint density at radius 2 is 1.80 bits per heavy atom. The van der Waals surface area contributed by atoms with Crippen LogP contribution in [0, 0.1) is 0 Å². The molecule has 0 saturated carbocycles. The lowest BCUT2D eigenvalue weighted by Crippen LogP contribution is -2.23. The van der Waals surface area contributed by atoms with Gasteiger partial charge in [0.2, 0.25) is 0 Å². The smallest absolute Gasteiger partial charge is 0.152 e. The molecule has 1 aromatic rings.